The highest BCUT2D eigenvalue weighted by Gasteiger charge is 1.96. The van der Waals surface area contributed by atoms with E-state index in [1.165, 1.54) is 116 Å². The Labute approximate surface area is 137 Å². The highest BCUT2D eigenvalue weighted by atomic mass is 14.0. The zero-order valence-electron chi connectivity index (χ0n) is 12.7. The molecule has 132 valence electrons. The Morgan fingerprint density at radius 2 is 0.250 bits per heavy atom. The van der Waals surface area contributed by atoms with Crippen LogP contribution < -0.4 is 0 Å². The average molecular weight is 293 g/mol. The van der Waals surface area contributed by atoms with E-state index in [-0.39, 0.29) is 20.6 Å². The van der Waals surface area contributed by atoms with E-state index in [1.807, 2.05) is 0 Å². The summed E-state index contributed by atoms with van der Waals surface area (Å²) in [5, 5.41) is 0. The normalized spacial score (nSPS) is 21.6. The molecule has 0 atom stereocenters. The van der Waals surface area contributed by atoms with Crippen molar-refractivity contribution in [2.75, 3.05) is 0 Å². The largest absolute Gasteiger partial charge is 0.0776 e. The first kappa shape index (κ1) is 22.3. The van der Waals surface area contributed by atoms with Crippen LogP contribution in [0.15, 0.2) is 0 Å². The average Bonchev–Trinajstić information content (AvgIpc) is 2.54. The lowest BCUT2D eigenvalue weighted by Gasteiger charge is -2.05. The third-order valence-corrected chi connectivity index (χ3v) is 4.50. The zero-order chi connectivity index (χ0) is 12.7. The van der Waals surface area contributed by atoms with Crippen molar-refractivity contribution in [3.05, 3.63) is 0 Å². The molecule has 20 heavy (non-hydrogen) atoms. The first-order valence-electron chi connectivity index (χ1n) is 9.00. The third kappa shape index (κ3) is 16.1. The van der Waals surface area contributed by atoms with Crippen LogP contribution in [0.2, 0.25) is 0 Å². The van der Waals surface area contributed by atoms with Gasteiger partial charge in [0.15, 0.2) is 0 Å². The van der Waals surface area contributed by atoms with Crippen molar-refractivity contribution in [3.63, 3.8) is 0 Å². The second-order valence-electron chi connectivity index (χ2n) is 6.36. The fraction of sp³-hybridized carbons (Fsp3) is 1.00. The van der Waals surface area contributed by atoms with E-state index < -0.39 is 0 Å². The minimum atomic E-state index is 0. The second kappa shape index (κ2) is 19.0. The maximum absolute atomic E-state index is 1.50. The lowest BCUT2D eigenvalue weighted by Crippen LogP contribution is -1.85. The van der Waals surface area contributed by atoms with Crippen molar-refractivity contribution in [3.8, 4) is 0 Å². The Kier molecular flexibility index (Phi) is 21.2. The van der Waals surface area contributed by atoms with Crippen molar-refractivity contribution < 1.29 is 5.71 Å². The van der Waals surface area contributed by atoms with Crippen LogP contribution in [-0.4, -0.2) is 0 Å². The van der Waals surface area contributed by atoms with Crippen molar-refractivity contribution in [2.45, 2.75) is 130 Å². The number of rotatable bonds is 0. The lowest BCUT2D eigenvalue weighted by molar-refractivity contribution is 0.504. The van der Waals surface area contributed by atoms with Crippen LogP contribution in [0, 0.1) is 0 Å². The van der Waals surface area contributed by atoms with Crippen LogP contribution in [0.4, 0.5) is 0 Å². The Hall–Kier alpha value is 0. The molecule has 0 nitrogen and oxygen atoms in total. The SMILES string of the molecule is C.C.C1CCCCC1.C1CCCCC1.C1CCCCC1.[HH].[HH].[HH].[HH]. The van der Waals surface area contributed by atoms with E-state index in [0.717, 1.165) is 0 Å². The van der Waals surface area contributed by atoms with Crippen LogP contribution in [0.3, 0.4) is 0 Å². The van der Waals surface area contributed by atoms with Gasteiger partial charge in [-0.25, -0.2) is 0 Å². The molecule has 0 aromatic carbocycles. The highest BCUT2D eigenvalue weighted by molar-refractivity contribution is 4.52. The van der Waals surface area contributed by atoms with E-state index >= 15 is 0 Å². The Morgan fingerprint density at radius 3 is 0.300 bits per heavy atom. The van der Waals surface area contributed by atoms with Gasteiger partial charge in [0.25, 0.3) is 0 Å². The molecule has 0 aliphatic heterocycles. The van der Waals surface area contributed by atoms with Crippen molar-refractivity contribution in [1.82, 2.24) is 0 Å². The predicted octanol–water partition coefficient (Wildman–Crippen LogP) is 9.28. The minimum absolute atomic E-state index is 0. The van der Waals surface area contributed by atoms with Crippen LogP contribution in [0.5, 0.6) is 0 Å². The Morgan fingerprint density at radius 1 is 0.200 bits per heavy atom. The van der Waals surface area contributed by atoms with Gasteiger partial charge in [0, 0.05) is 5.71 Å². The molecule has 0 radical (unpaired) electrons. The molecule has 3 aliphatic carbocycles. The Balaban J connectivity index is -0.0000000450. The monoisotopic (exact) mass is 292 g/mol. The number of hydrogen-bond donors (Lipinski definition) is 0. The summed E-state index contributed by atoms with van der Waals surface area (Å²) in [6.07, 6.45) is 27.0. The second-order valence-corrected chi connectivity index (χ2v) is 6.36. The van der Waals surface area contributed by atoms with Gasteiger partial charge in [0.2, 0.25) is 0 Å². The van der Waals surface area contributed by atoms with E-state index in [9.17, 15) is 0 Å². The van der Waals surface area contributed by atoms with Crippen molar-refractivity contribution >= 4 is 0 Å². The topological polar surface area (TPSA) is 0 Å². The standard InChI is InChI=1S/3C6H12.2CH4.4H2/c3*1-2-4-6-5-3-1;;;;;;/h3*1-6H2;2*1H4;4*1H. The molecule has 0 aromatic heterocycles. The summed E-state index contributed by atoms with van der Waals surface area (Å²) in [5.41, 5.74) is 0. The van der Waals surface area contributed by atoms with Crippen LogP contribution in [-0.2, 0) is 0 Å². The maximum Gasteiger partial charge on any atom is 0 e. The molecule has 3 saturated carbocycles. The molecule has 0 heterocycles. The molecular formula is C20H52. The first-order chi connectivity index (χ1) is 9.00. The molecule has 0 spiro atoms. The first-order valence-corrected chi connectivity index (χ1v) is 9.00. The highest BCUT2D eigenvalue weighted by Crippen LogP contribution is 2.16. The minimum Gasteiger partial charge on any atom is -0.0776 e. The zero-order valence-corrected chi connectivity index (χ0v) is 12.7. The van der Waals surface area contributed by atoms with Crippen molar-refractivity contribution in [1.29, 1.82) is 0 Å². The van der Waals surface area contributed by atoms with Crippen LogP contribution >= 0.6 is 0 Å². The van der Waals surface area contributed by atoms with E-state index in [4.69, 9.17) is 0 Å². The van der Waals surface area contributed by atoms with Gasteiger partial charge in [-0.2, -0.15) is 0 Å². The van der Waals surface area contributed by atoms with E-state index in [1.54, 1.807) is 0 Å². The summed E-state index contributed by atoms with van der Waals surface area (Å²) < 4.78 is 0. The number of hydrogen-bond acceptors (Lipinski definition) is 0. The summed E-state index contributed by atoms with van der Waals surface area (Å²) in [7, 11) is 0. The van der Waals surface area contributed by atoms with Crippen LogP contribution in [0.1, 0.15) is 136 Å². The van der Waals surface area contributed by atoms with Gasteiger partial charge >= 0.3 is 0 Å². The molecule has 0 N–H and O–H groups in total. The molecule has 3 aliphatic rings. The van der Waals surface area contributed by atoms with Crippen molar-refractivity contribution in [2.24, 2.45) is 0 Å². The fourth-order valence-corrected chi connectivity index (χ4v) is 3.18. The smallest absolute Gasteiger partial charge is 0 e. The maximum atomic E-state index is 1.50. The van der Waals surface area contributed by atoms with Gasteiger partial charge in [-0.05, 0) is 0 Å². The lowest BCUT2D eigenvalue weighted by atomic mass is 10.0. The van der Waals surface area contributed by atoms with Gasteiger partial charge in [0.1, 0.15) is 0 Å². The van der Waals surface area contributed by atoms with Gasteiger partial charge in [0.05, 0.1) is 0 Å². The van der Waals surface area contributed by atoms with E-state index in [0.29, 0.717) is 0 Å². The van der Waals surface area contributed by atoms with Gasteiger partial charge in [-0.15, -0.1) is 0 Å². The summed E-state index contributed by atoms with van der Waals surface area (Å²) in [6.45, 7) is 0. The molecule has 3 rings (SSSR count). The van der Waals surface area contributed by atoms with E-state index in [2.05, 4.69) is 0 Å². The molecule has 0 aromatic rings. The third-order valence-electron chi connectivity index (χ3n) is 4.50. The summed E-state index contributed by atoms with van der Waals surface area (Å²) in [5.74, 6) is 0. The molecule has 3 fully saturated rings. The fourth-order valence-electron chi connectivity index (χ4n) is 3.18. The quantitative estimate of drug-likeness (QED) is 0.417. The summed E-state index contributed by atoms with van der Waals surface area (Å²) in [4.78, 5) is 0. The molecule has 0 amide bonds. The molecule has 0 heteroatoms. The molecule has 0 bridgehead atoms. The summed E-state index contributed by atoms with van der Waals surface area (Å²) >= 11 is 0. The molecule has 0 saturated heterocycles. The van der Waals surface area contributed by atoms with Crippen LogP contribution in [0.25, 0.3) is 0 Å². The van der Waals surface area contributed by atoms with Gasteiger partial charge in [-0.3, -0.25) is 0 Å². The summed E-state index contributed by atoms with van der Waals surface area (Å²) in [6, 6.07) is 0. The van der Waals surface area contributed by atoms with Gasteiger partial charge in [-0.1, -0.05) is 130 Å². The molecule has 0 unspecified atom stereocenters. The Bertz CT molecular complexity index is 90.7. The predicted molar refractivity (Wildman–Crippen MR) is 105 cm³/mol. The van der Waals surface area contributed by atoms with Gasteiger partial charge < -0.3 is 0 Å². The molecular weight excluding hydrogens is 240 g/mol.